The highest BCUT2D eigenvalue weighted by Crippen LogP contribution is 2.33. The number of aromatic nitrogens is 2. The lowest BCUT2D eigenvalue weighted by Gasteiger charge is -2.23. The number of benzene rings is 2. The number of rotatable bonds is 6. The van der Waals surface area contributed by atoms with Gasteiger partial charge < -0.3 is 9.47 Å². The van der Waals surface area contributed by atoms with E-state index in [1.54, 1.807) is 11.6 Å². The molecule has 176 valence electrons. The molecule has 0 unspecified atom stereocenters. The van der Waals surface area contributed by atoms with Crippen molar-refractivity contribution in [2.75, 3.05) is 24.3 Å². The van der Waals surface area contributed by atoms with Crippen LogP contribution in [0.1, 0.15) is 17.5 Å². The average molecular weight is 498 g/mol. The summed E-state index contributed by atoms with van der Waals surface area (Å²) in [5.74, 6) is -0.239. The van der Waals surface area contributed by atoms with E-state index in [9.17, 15) is 26.4 Å². The number of carbonyl (C=O) groups excluding carboxylic acids is 1. The molecular weight excluding hydrogens is 475 g/mol. The lowest BCUT2D eigenvalue weighted by atomic mass is 10.2. The van der Waals surface area contributed by atoms with E-state index in [1.165, 1.54) is 11.0 Å². The molecule has 1 aromatic heterocycles. The van der Waals surface area contributed by atoms with Crippen molar-refractivity contribution in [3.8, 4) is 0 Å². The molecule has 0 radical (unpaired) electrons. The second-order valence-electron chi connectivity index (χ2n) is 8.02. The summed E-state index contributed by atoms with van der Waals surface area (Å²) in [5, 5.41) is 0.425. The third-order valence-electron chi connectivity index (χ3n) is 5.70. The number of halogens is 3. The van der Waals surface area contributed by atoms with Gasteiger partial charge in [-0.05, 0) is 30.2 Å². The molecule has 1 atom stereocenters. The lowest BCUT2D eigenvalue weighted by molar-refractivity contribution is -0.137. The summed E-state index contributed by atoms with van der Waals surface area (Å²) in [5.41, 5.74) is 0.898. The minimum atomic E-state index is -4.48. The fraction of sp³-hybridized carbons (Fsp3) is 0.364. The molecule has 2 heterocycles. The smallest absolute Gasteiger partial charge is 0.341 e. The molecule has 1 aliphatic rings. The highest BCUT2D eigenvalue weighted by Gasteiger charge is 2.33. The molecule has 1 amide bonds. The maximum atomic E-state index is 13.2. The molecule has 0 aliphatic carbocycles. The maximum absolute atomic E-state index is 13.2. The molecule has 0 bridgehead atoms. The number of fused-ring (bicyclic) bond motifs is 1. The van der Waals surface area contributed by atoms with E-state index >= 15 is 0 Å². The second-order valence-corrected chi connectivity index (χ2v) is 11.2. The number of alkyl halides is 3. The van der Waals surface area contributed by atoms with Gasteiger partial charge in [0.1, 0.15) is 0 Å². The van der Waals surface area contributed by atoms with E-state index in [2.05, 4.69) is 4.98 Å². The van der Waals surface area contributed by atoms with Crippen LogP contribution in [0.2, 0.25) is 0 Å². The Bertz CT molecular complexity index is 1270. The quantitative estimate of drug-likeness (QED) is 0.484. The summed E-state index contributed by atoms with van der Waals surface area (Å²) >= 11 is 1.13. The van der Waals surface area contributed by atoms with Gasteiger partial charge in [0.15, 0.2) is 15.0 Å². The van der Waals surface area contributed by atoms with Crippen LogP contribution >= 0.6 is 11.8 Å². The van der Waals surface area contributed by atoms with E-state index in [0.29, 0.717) is 23.6 Å². The Morgan fingerprint density at radius 1 is 1.21 bits per heavy atom. The van der Waals surface area contributed by atoms with Crippen molar-refractivity contribution >= 4 is 38.5 Å². The van der Waals surface area contributed by atoms with E-state index in [0.717, 1.165) is 29.5 Å². The maximum Gasteiger partial charge on any atom is 0.416 e. The van der Waals surface area contributed by atoms with Crippen LogP contribution in [0, 0.1) is 0 Å². The summed E-state index contributed by atoms with van der Waals surface area (Å²) in [4.78, 5) is 18.6. The summed E-state index contributed by atoms with van der Waals surface area (Å²) in [6.45, 7) is 0.385. The second kappa shape index (κ2) is 9.02. The average Bonchev–Trinajstić information content (AvgIpc) is 3.30. The van der Waals surface area contributed by atoms with Crippen LogP contribution in [0.3, 0.4) is 0 Å². The summed E-state index contributed by atoms with van der Waals surface area (Å²) in [6.07, 6.45) is -4.08. The van der Waals surface area contributed by atoms with Gasteiger partial charge in [0.2, 0.25) is 5.91 Å². The molecule has 11 heteroatoms. The van der Waals surface area contributed by atoms with Crippen molar-refractivity contribution in [1.82, 2.24) is 14.5 Å². The molecule has 2 aromatic carbocycles. The number of hydrogen-bond donors (Lipinski definition) is 0. The highest BCUT2D eigenvalue weighted by atomic mass is 32.2. The monoisotopic (exact) mass is 497 g/mol. The lowest BCUT2D eigenvalue weighted by Crippen LogP contribution is -2.38. The summed E-state index contributed by atoms with van der Waals surface area (Å²) in [7, 11) is -1.54. The molecule has 3 aromatic rings. The number of imidazole rings is 1. The first kappa shape index (κ1) is 23.6. The van der Waals surface area contributed by atoms with Crippen molar-refractivity contribution < 1.29 is 26.4 Å². The fourth-order valence-corrected chi connectivity index (χ4v) is 6.54. The van der Waals surface area contributed by atoms with E-state index < -0.39 is 21.6 Å². The topological polar surface area (TPSA) is 72.3 Å². The first-order chi connectivity index (χ1) is 15.5. The fourth-order valence-electron chi connectivity index (χ4n) is 3.83. The predicted molar refractivity (Wildman–Crippen MR) is 121 cm³/mol. The summed E-state index contributed by atoms with van der Waals surface area (Å²) in [6, 6.07) is 12.5. The van der Waals surface area contributed by atoms with Crippen LogP contribution in [-0.2, 0) is 27.4 Å². The minimum absolute atomic E-state index is 0.00269. The number of thioether (sulfide) groups is 1. The molecule has 0 saturated carbocycles. The van der Waals surface area contributed by atoms with Crippen molar-refractivity contribution in [1.29, 1.82) is 0 Å². The Hall–Kier alpha value is -2.53. The number of nitrogens with zero attached hydrogens (tertiary/aromatic N) is 3. The molecule has 0 N–H and O–H groups in total. The molecule has 4 rings (SSSR count). The SMILES string of the molecule is CN(C(=O)CSc1nc2cc(C(F)(F)F)ccc2n1Cc1ccccc1)[C@H]1CCS(=O)(=O)C1. The van der Waals surface area contributed by atoms with Crippen LogP contribution in [0.25, 0.3) is 11.0 Å². The standard InChI is InChI=1S/C22H22F3N3O3S2/c1-27(17-9-10-33(30,31)14-17)20(29)13-32-21-26-18-11-16(22(23,24)25)7-8-19(18)28(21)12-15-5-3-2-4-6-15/h2-8,11,17H,9-10,12-14H2,1H3/t17-/m0/s1. The van der Waals surface area contributed by atoms with Crippen molar-refractivity contribution in [3.05, 3.63) is 59.7 Å². The van der Waals surface area contributed by atoms with Crippen LogP contribution in [0.5, 0.6) is 0 Å². The third kappa shape index (κ3) is 5.35. The molecule has 0 spiro atoms. The predicted octanol–water partition coefficient (Wildman–Crippen LogP) is 3.84. The Kier molecular flexibility index (Phi) is 6.45. The molecule has 1 fully saturated rings. The first-order valence-corrected chi connectivity index (χ1v) is 13.0. The number of sulfone groups is 1. The van der Waals surface area contributed by atoms with Crippen molar-refractivity contribution in [2.45, 2.75) is 30.3 Å². The largest absolute Gasteiger partial charge is 0.416 e. The van der Waals surface area contributed by atoms with Crippen LogP contribution in [0.4, 0.5) is 13.2 Å². The van der Waals surface area contributed by atoms with Gasteiger partial charge in [0.05, 0.1) is 40.4 Å². The highest BCUT2D eigenvalue weighted by molar-refractivity contribution is 7.99. The molecular formula is C22H22F3N3O3S2. The molecule has 1 aliphatic heterocycles. The first-order valence-electron chi connectivity index (χ1n) is 10.2. The van der Waals surface area contributed by atoms with Crippen LogP contribution in [-0.4, -0.2) is 59.1 Å². The van der Waals surface area contributed by atoms with Gasteiger partial charge in [-0.1, -0.05) is 42.1 Å². The molecule has 1 saturated heterocycles. The van der Waals surface area contributed by atoms with Gasteiger partial charge in [-0.25, -0.2) is 13.4 Å². The van der Waals surface area contributed by atoms with Gasteiger partial charge in [0, 0.05) is 13.1 Å². The zero-order valence-electron chi connectivity index (χ0n) is 17.7. The van der Waals surface area contributed by atoms with Gasteiger partial charge in [-0.15, -0.1) is 0 Å². The normalized spacial score (nSPS) is 18.0. The van der Waals surface area contributed by atoms with Gasteiger partial charge >= 0.3 is 6.18 Å². The molecule has 6 nitrogen and oxygen atoms in total. The van der Waals surface area contributed by atoms with E-state index in [4.69, 9.17) is 0 Å². The number of hydrogen-bond acceptors (Lipinski definition) is 5. The van der Waals surface area contributed by atoms with Gasteiger partial charge in [0.25, 0.3) is 0 Å². The number of carbonyl (C=O) groups is 1. The minimum Gasteiger partial charge on any atom is -0.341 e. The van der Waals surface area contributed by atoms with Gasteiger partial charge in [-0.2, -0.15) is 13.2 Å². The Labute approximate surface area is 193 Å². The van der Waals surface area contributed by atoms with Crippen molar-refractivity contribution in [3.63, 3.8) is 0 Å². The van der Waals surface area contributed by atoms with Crippen LogP contribution < -0.4 is 0 Å². The third-order valence-corrected chi connectivity index (χ3v) is 8.41. The molecule has 33 heavy (non-hydrogen) atoms. The van der Waals surface area contributed by atoms with E-state index in [1.807, 2.05) is 30.3 Å². The zero-order valence-corrected chi connectivity index (χ0v) is 19.4. The van der Waals surface area contributed by atoms with Crippen LogP contribution in [0.15, 0.2) is 53.7 Å². The van der Waals surface area contributed by atoms with Gasteiger partial charge in [-0.3, -0.25) is 4.79 Å². The number of amides is 1. The Morgan fingerprint density at radius 2 is 1.94 bits per heavy atom. The zero-order chi connectivity index (χ0) is 23.8. The summed E-state index contributed by atoms with van der Waals surface area (Å²) < 4.78 is 64.8. The Morgan fingerprint density at radius 3 is 2.58 bits per heavy atom. The Balaban J connectivity index is 1.59. The van der Waals surface area contributed by atoms with Crippen molar-refractivity contribution in [2.24, 2.45) is 0 Å². The van der Waals surface area contributed by atoms with E-state index in [-0.39, 0.29) is 34.7 Å².